The monoisotopic (exact) mass is 467 g/mol. The second-order valence-corrected chi connectivity index (χ2v) is 10.2. The minimum absolute atomic E-state index is 0.0586. The van der Waals surface area contributed by atoms with Gasteiger partial charge in [0.2, 0.25) is 18.6 Å². The number of nitrogens with one attached hydrogen (secondary N) is 2. The van der Waals surface area contributed by atoms with E-state index in [1.54, 1.807) is 19.1 Å². The summed E-state index contributed by atoms with van der Waals surface area (Å²) >= 11 is 0. The number of amides is 2. The lowest BCUT2D eigenvalue weighted by atomic mass is 9.49. The maximum absolute atomic E-state index is 12.9. The zero-order chi connectivity index (χ0) is 23.9. The van der Waals surface area contributed by atoms with Crippen LogP contribution in [0.15, 0.2) is 29.4 Å². The molecule has 0 aromatic heterocycles. The van der Waals surface area contributed by atoms with Gasteiger partial charge in [-0.2, -0.15) is 5.10 Å². The third-order valence-corrected chi connectivity index (χ3v) is 7.59. The number of hydrazone groups is 1. The summed E-state index contributed by atoms with van der Waals surface area (Å²) in [5.41, 5.74) is 4.23. The van der Waals surface area contributed by atoms with Crippen molar-refractivity contribution in [3.63, 3.8) is 0 Å². The molecule has 0 saturated heterocycles. The first-order valence-corrected chi connectivity index (χ1v) is 11.8. The summed E-state index contributed by atoms with van der Waals surface area (Å²) in [7, 11) is 0. The molecule has 5 aliphatic rings. The van der Waals surface area contributed by atoms with Crippen molar-refractivity contribution in [2.75, 3.05) is 12.1 Å². The van der Waals surface area contributed by atoms with Crippen LogP contribution in [0.25, 0.3) is 0 Å². The number of aliphatic carboxylic acids is 1. The molecule has 0 spiro atoms. The van der Waals surface area contributed by atoms with Gasteiger partial charge in [-0.3, -0.25) is 9.59 Å². The van der Waals surface area contributed by atoms with Gasteiger partial charge in [0.1, 0.15) is 0 Å². The molecule has 34 heavy (non-hydrogen) atoms. The van der Waals surface area contributed by atoms with Gasteiger partial charge >= 0.3 is 5.97 Å². The molecule has 1 aromatic rings. The van der Waals surface area contributed by atoms with Crippen LogP contribution in [0.1, 0.15) is 57.4 Å². The van der Waals surface area contributed by atoms with Crippen molar-refractivity contribution >= 4 is 29.2 Å². The number of carbonyl (C=O) groups is 3. The highest BCUT2D eigenvalue weighted by Gasteiger charge is 2.51. The average Bonchev–Trinajstić information content (AvgIpc) is 3.21. The first kappa shape index (κ1) is 22.4. The summed E-state index contributed by atoms with van der Waals surface area (Å²) in [5, 5.41) is 15.7. The summed E-state index contributed by atoms with van der Waals surface area (Å²) in [5.74, 6) is 1.37. The molecule has 4 aliphatic carbocycles. The fourth-order valence-corrected chi connectivity index (χ4v) is 6.76. The summed E-state index contributed by atoms with van der Waals surface area (Å²) in [6, 6.07) is 3.28. The van der Waals surface area contributed by atoms with Crippen molar-refractivity contribution in [3.05, 3.63) is 29.8 Å². The van der Waals surface area contributed by atoms with Crippen LogP contribution in [-0.2, 0) is 14.4 Å². The molecular formula is C25H29N3O6. The Morgan fingerprint density at radius 3 is 2.29 bits per heavy atom. The maximum Gasteiger partial charge on any atom is 0.328 e. The van der Waals surface area contributed by atoms with E-state index in [1.807, 2.05) is 0 Å². The molecular weight excluding hydrogens is 438 g/mol. The van der Waals surface area contributed by atoms with Crippen molar-refractivity contribution in [1.82, 2.24) is 5.43 Å². The van der Waals surface area contributed by atoms with Gasteiger partial charge in [0, 0.05) is 30.2 Å². The second kappa shape index (κ2) is 8.77. The van der Waals surface area contributed by atoms with Crippen LogP contribution in [0.5, 0.6) is 11.5 Å². The largest absolute Gasteiger partial charge is 0.478 e. The highest BCUT2D eigenvalue weighted by atomic mass is 16.7. The predicted molar refractivity (Wildman–Crippen MR) is 124 cm³/mol. The van der Waals surface area contributed by atoms with Gasteiger partial charge in [0.05, 0.1) is 11.4 Å². The first-order chi connectivity index (χ1) is 16.3. The molecule has 1 aromatic carbocycles. The topological polar surface area (TPSA) is 126 Å². The number of hydrogen-bond donors (Lipinski definition) is 3. The van der Waals surface area contributed by atoms with Gasteiger partial charge in [0.25, 0.3) is 0 Å². The summed E-state index contributed by atoms with van der Waals surface area (Å²) in [6.45, 7) is 1.79. The lowest BCUT2D eigenvalue weighted by Gasteiger charge is -2.56. The van der Waals surface area contributed by atoms with Gasteiger partial charge < -0.3 is 19.9 Å². The number of nitrogens with zero attached hydrogens (tertiary/aromatic N) is 1. The van der Waals surface area contributed by atoms with E-state index in [0.29, 0.717) is 34.9 Å². The van der Waals surface area contributed by atoms with Crippen LogP contribution in [0.2, 0.25) is 0 Å². The second-order valence-electron chi connectivity index (χ2n) is 10.2. The Bertz CT molecular complexity index is 1060. The average molecular weight is 468 g/mol. The fraction of sp³-hybridized carbons (Fsp3) is 0.520. The molecule has 0 unspecified atom stereocenters. The number of carboxylic acid groups (broad SMARTS) is 1. The van der Waals surface area contributed by atoms with Gasteiger partial charge in [0.15, 0.2) is 11.5 Å². The van der Waals surface area contributed by atoms with E-state index in [1.165, 1.54) is 19.3 Å². The minimum Gasteiger partial charge on any atom is -0.478 e. The lowest BCUT2D eigenvalue weighted by molar-refractivity contribution is -0.132. The van der Waals surface area contributed by atoms with Crippen LogP contribution in [0.4, 0.5) is 5.69 Å². The lowest BCUT2D eigenvalue weighted by Crippen LogP contribution is -2.47. The summed E-state index contributed by atoms with van der Waals surface area (Å²) in [6.07, 6.45) is 9.63. The standard InChI is InChI=1S/C25H29N3O6/c1-14(27-28-23(30)12-25-9-15-4-16(10-25)6-17(5-15)11-25)18-7-20-21(34-13-33-20)8-19(18)26-22(29)2-3-24(31)32/h2-3,7-8,15-17H,4-6,9-13H2,1H3,(H,26,29)(H,28,30)(H,31,32)/b3-2+,27-14+. The number of hydrogen-bond acceptors (Lipinski definition) is 6. The SMILES string of the molecule is C/C(=N\NC(=O)CC12CC3CC(CC(C3)C1)C2)c1cc2c(cc1NC(=O)/C=C/C(=O)O)OCO2. The number of benzene rings is 1. The normalized spacial score (nSPS) is 28.9. The number of anilines is 1. The number of rotatable bonds is 7. The third kappa shape index (κ3) is 4.64. The Labute approximate surface area is 197 Å². The van der Waals surface area contributed by atoms with Crippen molar-refractivity contribution in [2.24, 2.45) is 28.3 Å². The van der Waals surface area contributed by atoms with Gasteiger partial charge in [-0.25, -0.2) is 10.2 Å². The molecule has 1 aliphatic heterocycles. The quantitative estimate of drug-likeness (QED) is 0.320. The van der Waals surface area contributed by atoms with E-state index in [4.69, 9.17) is 14.6 Å². The summed E-state index contributed by atoms with van der Waals surface area (Å²) < 4.78 is 10.8. The van der Waals surface area contributed by atoms with Crippen LogP contribution >= 0.6 is 0 Å². The molecule has 2 amide bonds. The third-order valence-electron chi connectivity index (χ3n) is 7.59. The van der Waals surface area contributed by atoms with Crippen LogP contribution in [0, 0.1) is 23.2 Å². The molecule has 0 atom stereocenters. The number of carboxylic acids is 1. The molecule has 4 bridgehead atoms. The Balaban J connectivity index is 1.30. The predicted octanol–water partition coefficient (Wildman–Crippen LogP) is 3.44. The van der Waals surface area contributed by atoms with Gasteiger partial charge in [-0.1, -0.05) is 0 Å². The van der Waals surface area contributed by atoms with Crippen molar-refractivity contribution < 1.29 is 29.0 Å². The van der Waals surface area contributed by atoms with Crippen molar-refractivity contribution in [2.45, 2.75) is 51.9 Å². The van der Waals surface area contributed by atoms with E-state index < -0.39 is 11.9 Å². The molecule has 9 nitrogen and oxygen atoms in total. The zero-order valence-electron chi connectivity index (χ0n) is 19.1. The molecule has 4 fully saturated rings. The molecule has 9 heteroatoms. The van der Waals surface area contributed by atoms with E-state index in [9.17, 15) is 14.4 Å². The molecule has 0 radical (unpaired) electrons. The van der Waals surface area contributed by atoms with Gasteiger partial charge in [-0.05, 0) is 74.7 Å². The molecule has 3 N–H and O–H groups in total. The first-order valence-electron chi connectivity index (χ1n) is 11.8. The fourth-order valence-electron chi connectivity index (χ4n) is 6.76. The molecule has 6 rings (SSSR count). The zero-order valence-corrected chi connectivity index (χ0v) is 19.1. The highest BCUT2D eigenvalue weighted by Crippen LogP contribution is 2.61. The minimum atomic E-state index is -1.22. The van der Waals surface area contributed by atoms with E-state index in [0.717, 1.165) is 49.2 Å². The Hall–Kier alpha value is -3.36. The summed E-state index contributed by atoms with van der Waals surface area (Å²) in [4.78, 5) is 35.7. The van der Waals surface area contributed by atoms with E-state index in [-0.39, 0.29) is 18.1 Å². The van der Waals surface area contributed by atoms with Crippen molar-refractivity contribution in [3.8, 4) is 11.5 Å². The molecule has 180 valence electrons. The van der Waals surface area contributed by atoms with Crippen LogP contribution < -0.4 is 20.2 Å². The van der Waals surface area contributed by atoms with Crippen LogP contribution in [-0.4, -0.2) is 35.4 Å². The Morgan fingerprint density at radius 2 is 1.68 bits per heavy atom. The number of fused-ring (bicyclic) bond motifs is 1. The van der Waals surface area contributed by atoms with Crippen molar-refractivity contribution in [1.29, 1.82) is 0 Å². The highest BCUT2D eigenvalue weighted by molar-refractivity contribution is 6.10. The van der Waals surface area contributed by atoms with Crippen LogP contribution in [0.3, 0.4) is 0 Å². The molecule has 1 heterocycles. The Morgan fingerprint density at radius 1 is 1.06 bits per heavy atom. The van der Waals surface area contributed by atoms with E-state index in [2.05, 4.69) is 15.8 Å². The smallest absolute Gasteiger partial charge is 0.328 e. The maximum atomic E-state index is 12.9. The van der Waals surface area contributed by atoms with Gasteiger partial charge in [-0.15, -0.1) is 0 Å². The molecule has 4 saturated carbocycles. The van der Waals surface area contributed by atoms with E-state index >= 15 is 0 Å². The Kier molecular flexibility index (Phi) is 5.79. The number of ether oxygens (including phenoxy) is 2. The number of carbonyl (C=O) groups excluding carboxylic acids is 2.